The molecular weight excluding hydrogens is 446 g/mol. The minimum Gasteiger partial charge on any atom is -0.463 e. The number of anilines is 3. The van der Waals surface area contributed by atoms with Crippen LogP contribution in [0.5, 0.6) is 11.6 Å². The van der Waals surface area contributed by atoms with Crippen molar-refractivity contribution in [3.63, 3.8) is 0 Å². The number of aryl methyl sites for hydroxylation is 1. The second-order valence-corrected chi connectivity index (χ2v) is 8.20. The molecule has 0 saturated heterocycles. The predicted molar refractivity (Wildman–Crippen MR) is 131 cm³/mol. The number of fused-ring (bicyclic) bond motifs is 2. The number of ether oxygens (including phenoxy) is 2. The number of rotatable bonds is 5. The van der Waals surface area contributed by atoms with Gasteiger partial charge in [0, 0.05) is 22.8 Å². The van der Waals surface area contributed by atoms with E-state index in [1.807, 2.05) is 50.2 Å². The Kier molecular flexibility index (Phi) is 5.06. The molecule has 35 heavy (non-hydrogen) atoms. The van der Waals surface area contributed by atoms with Gasteiger partial charge in [0.1, 0.15) is 37.2 Å². The first kappa shape index (κ1) is 20.8. The Labute approximate surface area is 199 Å². The summed E-state index contributed by atoms with van der Waals surface area (Å²) in [6.45, 7) is 4.56. The zero-order valence-corrected chi connectivity index (χ0v) is 19.0. The fraction of sp³-hybridized carbons (Fsp3) is 0.167. The molecule has 1 atom stereocenters. The van der Waals surface area contributed by atoms with Crippen molar-refractivity contribution in [2.45, 2.75) is 19.9 Å². The molecule has 1 aliphatic heterocycles. The number of hydrogen-bond acceptors (Lipinski definition) is 10. The van der Waals surface area contributed by atoms with Gasteiger partial charge >= 0.3 is 0 Å². The van der Waals surface area contributed by atoms with E-state index in [9.17, 15) is 0 Å². The first-order valence-corrected chi connectivity index (χ1v) is 11.0. The number of aliphatic imine (C=N–C) groups is 1. The first-order chi connectivity index (χ1) is 17.1. The van der Waals surface area contributed by atoms with E-state index in [0.717, 1.165) is 27.8 Å². The molecule has 6 rings (SSSR count). The van der Waals surface area contributed by atoms with Crippen molar-refractivity contribution in [3.05, 3.63) is 67.0 Å². The summed E-state index contributed by atoms with van der Waals surface area (Å²) in [4.78, 5) is 17.6. The number of benzene rings is 2. The lowest BCUT2D eigenvalue weighted by atomic mass is 10.1. The van der Waals surface area contributed by atoms with Gasteiger partial charge in [0.15, 0.2) is 5.65 Å². The molecule has 2 N–H and O–H groups in total. The van der Waals surface area contributed by atoms with Gasteiger partial charge in [0.2, 0.25) is 5.88 Å². The number of amidine groups is 1. The highest BCUT2D eigenvalue weighted by atomic mass is 16.5. The predicted octanol–water partition coefficient (Wildman–Crippen LogP) is 4.10. The number of nitrogens with zero attached hydrogens (tertiary/aromatic N) is 7. The highest BCUT2D eigenvalue weighted by molar-refractivity contribution is 5.97. The Morgan fingerprint density at radius 3 is 2.74 bits per heavy atom. The maximum atomic E-state index is 5.97. The monoisotopic (exact) mass is 467 g/mol. The van der Waals surface area contributed by atoms with Crippen LogP contribution in [0.25, 0.3) is 16.6 Å². The van der Waals surface area contributed by atoms with Crippen molar-refractivity contribution in [3.8, 4) is 11.6 Å². The third-order valence-corrected chi connectivity index (χ3v) is 5.50. The summed E-state index contributed by atoms with van der Waals surface area (Å²) in [5.41, 5.74) is 4.13. The van der Waals surface area contributed by atoms with E-state index in [4.69, 9.17) is 9.47 Å². The van der Waals surface area contributed by atoms with E-state index in [2.05, 4.69) is 40.8 Å². The minimum atomic E-state index is 0.148. The van der Waals surface area contributed by atoms with Crippen molar-refractivity contribution in [1.29, 1.82) is 0 Å². The van der Waals surface area contributed by atoms with Crippen LogP contribution in [0.2, 0.25) is 0 Å². The number of hydrogen-bond donors (Lipinski definition) is 2. The molecule has 0 unspecified atom stereocenters. The summed E-state index contributed by atoms with van der Waals surface area (Å²) in [6, 6.07) is 14.1. The molecule has 5 aromatic rings. The van der Waals surface area contributed by atoms with Gasteiger partial charge in [-0.3, -0.25) is 4.40 Å². The molecular formula is C24H21N9O2. The van der Waals surface area contributed by atoms with E-state index in [0.29, 0.717) is 35.7 Å². The van der Waals surface area contributed by atoms with Crippen LogP contribution >= 0.6 is 0 Å². The zero-order valence-electron chi connectivity index (χ0n) is 19.0. The summed E-state index contributed by atoms with van der Waals surface area (Å²) < 4.78 is 13.2. The lowest BCUT2D eigenvalue weighted by Crippen LogP contribution is -2.11. The molecule has 4 heterocycles. The lowest BCUT2D eigenvalue weighted by molar-refractivity contribution is 0.322. The maximum absolute atomic E-state index is 5.97. The summed E-state index contributed by atoms with van der Waals surface area (Å²) in [5, 5.41) is 15.4. The molecule has 0 saturated carbocycles. The Bertz CT molecular complexity index is 1580. The zero-order chi connectivity index (χ0) is 23.8. The molecule has 3 aromatic heterocycles. The van der Waals surface area contributed by atoms with Gasteiger partial charge in [-0.15, -0.1) is 10.2 Å². The lowest BCUT2D eigenvalue weighted by Gasteiger charge is -2.13. The fourth-order valence-corrected chi connectivity index (χ4v) is 3.76. The van der Waals surface area contributed by atoms with Gasteiger partial charge in [0.05, 0.1) is 11.6 Å². The van der Waals surface area contributed by atoms with E-state index in [1.165, 1.54) is 0 Å². The van der Waals surface area contributed by atoms with Crippen molar-refractivity contribution in [1.82, 2.24) is 29.5 Å². The van der Waals surface area contributed by atoms with E-state index in [1.54, 1.807) is 29.4 Å². The second-order valence-electron chi connectivity index (χ2n) is 8.20. The Balaban J connectivity index is 1.24. The van der Waals surface area contributed by atoms with Crippen LogP contribution in [0.15, 0.2) is 66.4 Å². The average molecular weight is 467 g/mol. The van der Waals surface area contributed by atoms with Crippen molar-refractivity contribution in [2.24, 2.45) is 4.99 Å². The van der Waals surface area contributed by atoms with E-state index < -0.39 is 0 Å². The van der Waals surface area contributed by atoms with Crippen LogP contribution in [0.3, 0.4) is 0 Å². The minimum absolute atomic E-state index is 0.148. The Morgan fingerprint density at radius 2 is 1.89 bits per heavy atom. The molecule has 2 aromatic carbocycles. The van der Waals surface area contributed by atoms with E-state index >= 15 is 0 Å². The van der Waals surface area contributed by atoms with Gasteiger partial charge < -0.3 is 20.1 Å². The van der Waals surface area contributed by atoms with Crippen LogP contribution in [0.4, 0.5) is 17.2 Å². The smallest absolute Gasteiger partial charge is 0.289 e. The molecule has 0 spiro atoms. The number of aromatic nitrogens is 6. The molecule has 11 heteroatoms. The van der Waals surface area contributed by atoms with Gasteiger partial charge in [-0.05, 0) is 55.8 Å². The average Bonchev–Trinajstić information content (AvgIpc) is 3.49. The SMILES string of the molecule is Cc1cc(Nc2ncnc3ccc(NC4=N[C@H](C)CO4)cc23)ccc1Oc1cc2nncn2cn1. The van der Waals surface area contributed by atoms with Crippen LogP contribution < -0.4 is 15.4 Å². The van der Waals surface area contributed by atoms with Gasteiger partial charge in [-0.2, -0.15) is 0 Å². The standard InChI is InChI=1S/C24H21N9O2/c1-14-7-16(4-6-20(14)35-22-9-21-32-28-13-33(21)12-27-22)30-23-18-8-17(3-5-19(18)25-11-26-23)31-24-29-15(2)10-34-24/h3-9,11-13,15H,10H2,1-2H3,(H,29,31)(H,25,26,30)/t15-/m1/s1. The fourth-order valence-electron chi connectivity index (χ4n) is 3.76. The van der Waals surface area contributed by atoms with E-state index in [-0.39, 0.29) is 6.04 Å². The summed E-state index contributed by atoms with van der Waals surface area (Å²) in [7, 11) is 0. The largest absolute Gasteiger partial charge is 0.463 e. The third kappa shape index (κ3) is 4.26. The second kappa shape index (κ2) is 8.52. The maximum Gasteiger partial charge on any atom is 0.289 e. The normalized spacial score (nSPS) is 15.1. The summed E-state index contributed by atoms with van der Waals surface area (Å²) in [5.74, 6) is 1.83. The van der Waals surface area contributed by atoms with Gasteiger partial charge in [0.25, 0.3) is 6.02 Å². The molecule has 0 amide bonds. The molecule has 0 bridgehead atoms. The van der Waals surface area contributed by atoms with Crippen LogP contribution in [0.1, 0.15) is 12.5 Å². The Morgan fingerprint density at radius 1 is 1.00 bits per heavy atom. The van der Waals surface area contributed by atoms with Crippen molar-refractivity contribution >= 4 is 39.8 Å². The Hall–Kier alpha value is -4.80. The molecule has 11 nitrogen and oxygen atoms in total. The molecule has 0 aliphatic carbocycles. The van der Waals surface area contributed by atoms with Crippen molar-refractivity contribution in [2.75, 3.05) is 17.2 Å². The topological polar surface area (TPSA) is 124 Å². The van der Waals surface area contributed by atoms with Gasteiger partial charge in [-0.1, -0.05) is 0 Å². The van der Waals surface area contributed by atoms with Crippen LogP contribution in [-0.2, 0) is 4.74 Å². The van der Waals surface area contributed by atoms with Crippen molar-refractivity contribution < 1.29 is 9.47 Å². The van der Waals surface area contributed by atoms with Crippen LogP contribution in [0, 0.1) is 6.92 Å². The first-order valence-electron chi connectivity index (χ1n) is 11.0. The highest BCUT2D eigenvalue weighted by Gasteiger charge is 2.15. The quantitative estimate of drug-likeness (QED) is 0.393. The third-order valence-electron chi connectivity index (χ3n) is 5.50. The van der Waals surface area contributed by atoms with Crippen LogP contribution in [-0.4, -0.2) is 48.2 Å². The molecule has 0 radical (unpaired) electrons. The summed E-state index contributed by atoms with van der Waals surface area (Å²) >= 11 is 0. The molecule has 1 aliphatic rings. The molecule has 0 fully saturated rings. The highest BCUT2D eigenvalue weighted by Crippen LogP contribution is 2.30. The number of nitrogens with one attached hydrogen (secondary N) is 2. The van der Waals surface area contributed by atoms with Gasteiger partial charge in [-0.25, -0.2) is 19.9 Å². The summed E-state index contributed by atoms with van der Waals surface area (Å²) in [6.07, 6.45) is 4.75. The molecule has 174 valence electrons.